The number of carbonyl (C=O) groups excluding carboxylic acids is 2. The Morgan fingerprint density at radius 1 is 1.04 bits per heavy atom. The topological polar surface area (TPSA) is 116 Å². The van der Waals surface area contributed by atoms with Gasteiger partial charge in [0, 0.05) is 36.6 Å². The van der Waals surface area contributed by atoms with Gasteiger partial charge in [-0.1, -0.05) is 12.8 Å². The Morgan fingerprint density at radius 2 is 1.63 bits per heavy atom. The molecule has 0 bridgehead atoms. The molecule has 2 fully saturated rings. The van der Waals surface area contributed by atoms with E-state index in [1.165, 1.54) is 28.6 Å². The fraction of sp³-hybridized carbons (Fsp3) is 0.556. The Morgan fingerprint density at radius 3 is 2.22 bits per heavy atom. The first-order chi connectivity index (χ1) is 12.9. The monoisotopic (exact) mass is 395 g/mol. The summed E-state index contributed by atoms with van der Waals surface area (Å²) in [7, 11) is -3.59. The van der Waals surface area contributed by atoms with Gasteiger partial charge in [0.05, 0.1) is 18.1 Å². The van der Waals surface area contributed by atoms with E-state index in [0.717, 1.165) is 12.8 Å². The number of nitrogens with one attached hydrogen (secondary N) is 1. The van der Waals surface area contributed by atoms with Crippen molar-refractivity contribution in [2.45, 2.75) is 30.6 Å². The third-order valence-electron chi connectivity index (χ3n) is 5.14. The second-order valence-corrected chi connectivity index (χ2v) is 8.78. The summed E-state index contributed by atoms with van der Waals surface area (Å²) in [6.07, 6.45) is 2.53. The highest BCUT2D eigenvalue weighted by Gasteiger charge is 2.32. The normalized spacial score (nSPS) is 24.3. The fourth-order valence-corrected chi connectivity index (χ4v) is 5.02. The number of anilines is 1. The maximum atomic E-state index is 12.6. The molecule has 1 saturated heterocycles. The molecule has 2 atom stereocenters. The van der Waals surface area contributed by atoms with E-state index >= 15 is 0 Å². The smallest absolute Gasteiger partial charge is 0.243 e. The van der Waals surface area contributed by atoms with Crippen LogP contribution >= 0.6 is 0 Å². The second-order valence-electron chi connectivity index (χ2n) is 6.85. The van der Waals surface area contributed by atoms with Crippen molar-refractivity contribution in [3.63, 3.8) is 0 Å². The van der Waals surface area contributed by atoms with E-state index in [-0.39, 0.29) is 10.8 Å². The van der Waals surface area contributed by atoms with Crippen molar-refractivity contribution >= 4 is 27.6 Å². The van der Waals surface area contributed by atoms with Crippen LogP contribution < -0.4 is 10.4 Å². The van der Waals surface area contributed by atoms with Crippen LogP contribution in [0, 0.1) is 11.8 Å². The highest BCUT2D eigenvalue weighted by molar-refractivity contribution is 7.89. The summed E-state index contributed by atoms with van der Waals surface area (Å²) in [4.78, 5) is 23.9. The Balaban J connectivity index is 1.68. The molecule has 1 aromatic rings. The third-order valence-corrected chi connectivity index (χ3v) is 7.05. The molecule has 148 valence electrons. The molecule has 0 spiro atoms. The van der Waals surface area contributed by atoms with E-state index in [2.05, 4.69) is 5.32 Å². The Bertz CT molecular complexity index is 787. The molecule has 1 amide bonds. The number of carboxylic acids is 1. The Hall–Kier alpha value is -1.97. The summed E-state index contributed by atoms with van der Waals surface area (Å²) in [5.74, 6) is -2.96. The first-order valence-corrected chi connectivity index (χ1v) is 10.5. The minimum Gasteiger partial charge on any atom is -0.550 e. The van der Waals surface area contributed by atoms with Gasteiger partial charge in [0.1, 0.15) is 0 Å². The van der Waals surface area contributed by atoms with Gasteiger partial charge in [-0.3, -0.25) is 4.79 Å². The van der Waals surface area contributed by atoms with Crippen LogP contribution in [0.1, 0.15) is 25.7 Å². The quantitative estimate of drug-likeness (QED) is 0.762. The van der Waals surface area contributed by atoms with Crippen LogP contribution in [0.4, 0.5) is 5.69 Å². The van der Waals surface area contributed by atoms with Gasteiger partial charge in [0.15, 0.2) is 0 Å². The highest BCUT2D eigenvalue weighted by atomic mass is 32.2. The molecule has 2 unspecified atom stereocenters. The van der Waals surface area contributed by atoms with E-state index in [1.807, 2.05) is 0 Å². The molecule has 1 aliphatic carbocycles. The summed E-state index contributed by atoms with van der Waals surface area (Å²) in [5.41, 5.74) is 0.434. The maximum Gasteiger partial charge on any atom is 0.243 e. The molecule has 1 saturated carbocycles. The van der Waals surface area contributed by atoms with Gasteiger partial charge in [-0.2, -0.15) is 4.31 Å². The zero-order valence-corrected chi connectivity index (χ0v) is 15.7. The molecule has 8 nitrogen and oxygen atoms in total. The molecule has 0 radical (unpaired) electrons. The molecule has 3 rings (SSSR count). The average Bonchev–Trinajstić information content (AvgIpc) is 2.69. The Labute approximate surface area is 158 Å². The zero-order valence-electron chi connectivity index (χ0n) is 14.9. The zero-order chi connectivity index (χ0) is 19.4. The number of benzene rings is 1. The van der Waals surface area contributed by atoms with Crippen molar-refractivity contribution in [2.75, 3.05) is 31.6 Å². The molecule has 2 aliphatic rings. The standard InChI is InChI=1S/C18H24N2O6S/c21-17(15-3-1-2-4-16(15)18(22)23)19-13-5-7-14(8-6-13)27(24,25)20-9-11-26-12-10-20/h5-8,15-16H,1-4,9-12H2,(H,19,21)(H,22,23)/p-1. The lowest BCUT2D eigenvalue weighted by Crippen LogP contribution is -2.42. The van der Waals surface area contributed by atoms with E-state index in [9.17, 15) is 23.1 Å². The molecule has 1 N–H and O–H groups in total. The van der Waals surface area contributed by atoms with Crippen LogP contribution in [-0.4, -0.2) is 50.9 Å². The lowest BCUT2D eigenvalue weighted by molar-refractivity contribution is -0.313. The van der Waals surface area contributed by atoms with Crippen molar-refractivity contribution in [3.8, 4) is 0 Å². The van der Waals surface area contributed by atoms with Crippen LogP contribution in [0.15, 0.2) is 29.2 Å². The molecule has 9 heteroatoms. The highest BCUT2D eigenvalue weighted by Crippen LogP contribution is 2.31. The van der Waals surface area contributed by atoms with Crippen molar-refractivity contribution < 1.29 is 27.9 Å². The SMILES string of the molecule is O=C([O-])C1CCCCC1C(=O)Nc1ccc(S(=O)(=O)N2CCOCC2)cc1. The number of hydrogen-bond acceptors (Lipinski definition) is 6. The summed E-state index contributed by atoms with van der Waals surface area (Å²) in [5, 5.41) is 14.0. The fourth-order valence-electron chi connectivity index (χ4n) is 3.61. The first kappa shape index (κ1) is 19.8. The largest absolute Gasteiger partial charge is 0.550 e. The number of morpholine rings is 1. The number of rotatable bonds is 5. The van der Waals surface area contributed by atoms with Crippen molar-refractivity contribution in [3.05, 3.63) is 24.3 Å². The van der Waals surface area contributed by atoms with E-state index in [1.54, 1.807) is 0 Å². The van der Waals surface area contributed by atoms with Crippen LogP contribution in [0.3, 0.4) is 0 Å². The van der Waals surface area contributed by atoms with Gasteiger partial charge in [-0.05, 0) is 37.1 Å². The number of ether oxygens (including phenoxy) is 1. The molecule has 0 aromatic heterocycles. The second kappa shape index (κ2) is 8.37. The molecule has 1 aliphatic heterocycles. The lowest BCUT2D eigenvalue weighted by atomic mass is 9.78. The van der Waals surface area contributed by atoms with E-state index in [0.29, 0.717) is 44.8 Å². The summed E-state index contributed by atoms with van der Waals surface area (Å²) in [6.45, 7) is 1.36. The molecular weight excluding hydrogens is 372 g/mol. The number of carboxylic acid groups (broad SMARTS) is 1. The molecule has 27 heavy (non-hydrogen) atoms. The Kier molecular flexibility index (Phi) is 6.13. The van der Waals surface area contributed by atoms with Gasteiger partial charge >= 0.3 is 0 Å². The van der Waals surface area contributed by atoms with Gasteiger partial charge in [-0.25, -0.2) is 8.42 Å². The van der Waals surface area contributed by atoms with Crippen molar-refractivity contribution in [1.82, 2.24) is 4.31 Å². The van der Waals surface area contributed by atoms with Crippen LogP contribution in [0.25, 0.3) is 0 Å². The average molecular weight is 395 g/mol. The van der Waals surface area contributed by atoms with Gasteiger partial charge in [0.2, 0.25) is 15.9 Å². The van der Waals surface area contributed by atoms with E-state index in [4.69, 9.17) is 4.74 Å². The molecule has 1 aromatic carbocycles. The van der Waals surface area contributed by atoms with Crippen LogP contribution in [-0.2, 0) is 24.3 Å². The van der Waals surface area contributed by atoms with Gasteiger partial charge in [-0.15, -0.1) is 0 Å². The summed E-state index contributed by atoms with van der Waals surface area (Å²) < 4.78 is 31.7. The number of carbonyl (C=O) groups is 2. The maximum absolute atomic E-state index is 12.6. The summed E-state index contributed by atoms with van der Waals surface area (Å²) >= 11 is 0. The predicted molar refractivity (Wildman–Crippen MR) is 95.1 cm³/mol. The van der Waals surface area contributed by atoms with Crippen LogP contribution in [0.5, 0.6) is 0 Å². The van der Waals surface area contributed by atoms with Crippen molar-refractivity contribution in [1.29, 1.82) is 0 Å². The predicted octanol–water partition coefficient (Wildman–Crippen LogP) is 0.202. The van der Waals surface area contributed by atoms with Crippen molar-refractivity contribution in [2.24, 2.45) is 11.8 Å². The molecule has 1 heterocycles. The number of aliphatic carboxylic acids is 1. The first-order valence-electron chi connectivity index (χ1n) is 9.09. The minimum atomic E-state index is -3.59. The number of sulfonamides is 1. The third kappa shape index (κ3) is 4.48. The van der Waals surface area contributed by atoms with Gasteiger partial charge in [0.25, 0.3) is 0 Å². The number of nitrogens with zero attached hydrogens (tertiary/aromatic N) is 1. The van der Waals surface area contributed by atoms with Gasteiger partial charge < -0.3 is 20.0 Å². The number of hydrogen-bond donors (Lipinski definition) is 1. The summed E-state index contributed by atoms with van der Waals surface area (Å²) in [6, 6.07) is 5.92. The minimum absolute atomic E-state index is 0.146. The van der Waals surface area contributed by atoms with E-state index < -0.39 is 27.8 Å². The number of amides is 1. The molecular formula is C18H23N2O6S-. The lowest BCUT2D eigenvalue weighted by Gasteiger charge is -2.31. The van der Waals surface area contributed by atoms with Crippen LogP contribution in [0.2, 0.25) is 0 Å².